The maximum Gasteiger partial charge on any atom is 0.0704 e. The first-order valence-electron chi connectivity index (χ1n) is 5.93. The predicted molar refractivity (Wildman–Crippen MR) is 57.6 cm³/mol. The van der Waals surface area contributed by atoms with E-state index in [1.165, 1.54) is 38.5 Å². The molecule has 2 saturated heterocycles. The fourth-order valence-electron chi connectivity index (χ4n) is 2.15. The van der Waals surface area contributed by atoms with Crippen molar-refractivity contribution in [1.29, 1.82) is 0 Å². The summed E-state index contributed by atoms with van der Waals surface area (Å²) in [4.78, 5) is 0. The van der Waals surface area contributed by atoms with Crippen LogP contribution in [0, 0.1) is 0 Å². The van der Waals surface area contributed by atoms with Crippen molar-refractivity contribution >= 4 is 0 Å². The molecule has 0 amide bonds. The van der Waals surface area contributed by atoms with Gasteiger partial charge >= 0.3 is 0 Å². The first kappa shape index (κ1) is 10.4. The highest BCUT2D eigenvalue weighted by molar-refractivity contribution is 4.72. The summed E-state index contributed by atoms with van der Waals surface area (Å²) < 4.78 is 0. The molecule has 2 aliphatic rings. The van der Waals surface area contributed by atoms with Gasteiger partial charge < -0.3 is 10.6 Å². The molecule has 4 heteroatoms. The minimum Gasteiger partial charge on any atom is -0.301 e. The van der Waals surface area contributed by atoms with Crippen molar-refractivity contribution in [3.8, 4) is 0 Å². The summed E-state index contributed by atoms with van der Waals surface area (Å²) in [6, 6.07) is 0. The first-order chi connectivity index (χ1) is 6.95. The van der Waals surface area contributed by atoms with E-state index in [1.54, 1.807) is 0 Å². The second kappa shape index (κ2) is 5.66. The zero-order valence-electron chi connectivity index (χ0n) is 8.81. The Kier molecular flexibility index (Phi) is 4.19. The van der Waals surface area contributed by atoms with Crippen LogP contribution in [0.15, 0.2) is 0 Å². The summed E-state index contributed by atoms with van der Waals surface area (Å²) in [5.74, 6) is 0. The van der Waals surface area contributed by atoms with E-state index < -0.39 is 0 Å². The van der Waals surface area contributed by atoms with Gasteiger partial charge in [-0.3, -0.25) is 0 Å². The van der Waals surface area contributed by atoms with E-state index in [0.717, 1.165) is 13.1 Å². The second-order valence-electron chi connectivity index (χ2n) is 4.29. The third-order valence-corrected chi connectivity index (χ3v) is 3.05. The molecule has 2 rings (SSSR count). The van der Waals surface area contributed by atoms with E-state index in [4.69, 9.17) is 0 Å². The van der Waals surface area contributed by atoms with Crippen molar-refractivity contribution in [2.24, 2.45) is 0 Å². The van der Waals surface area contributed by atoms with Crippen LogP contribution >= 0.6 is 0 Å². The molecule has 0 saturated carbocycles. The molecule has 2 heterocycles. The number of hydrogen-bond acceptors (Lipinski definition) is 4. The molecule has 0 aliphatic carbocycles. The standard InChI is InChI=1S/C10H22N4/c1-3-7-11-9(5-1)13-14-10-6-2-4-8-12-10/h9-14H,1-8H2. The highest BCUT2D eigenvalue weighted by Gasteiger charge is 2.15. The van der Waals surface area contributed by atoms with Crippen molar-refractivity contribution in [2.45, 2.75) is 50.9 Å². The van der Waals surface area contributed by atoms with E-state index in [2.05, 4.69) is 21.5 Å². The Hall–Kier alpha value is -0.160. The molecule has 0 aromatic heterocycles. The van der Waals surface area contributed by atoms with Crippen LogP contribution < -0.4 is 21.5 Å². The number of piperidine rings is 2. The Morgan fingerprint density at radius 2 is 1.21 bits per heavy atom. The number of rotatable bonds is 3. The van der Waals surface area contributed by atoms with Gasteiger partial charge in [-0.15, -0.1) is 0 Å². The van der Waals surface area contributed by atoms with Crippen LogP contribution in [0.3, 0.4) is 0 Å². The molecule has 0 bridgehead atoms. The Bertz CT molecular complexity index is 132. The Balaban J connectivity index is 1.60. The zero-order chi connectivity index (χ0) is 9.64. The van der Waals surface area contributed by atoms with E-state index >= 15 is 0 Å². The summed E-state index contributed by atoms with van der Waals surface area (Å²) in [6.07, 6.45) is 8.72. The summed E-state index contributed by atoms with van der Waals surface area (Å²) in [5.41, 5.74) is 6.74. The number of hydrogen-bond donors (Lipinski definition) is 4. The van der Waals surface area contributed by atoms with Crippen LogP contribution in [0.5, 0.6) is 0 Å². The normalized spacial score (nSPS) is 34.3. The van der Waals surface area contributed by atoms with Crippen LogP contribution in [-0.4, -0.2) is 25.4 Å². The van der Waals surface area contributed by atoms with Crippen LogP contribution in [0.4, 0.5) is 0 Å². The van der Waals surface area contributed by atoms with Crippen molar-refractivity contribution in [1.82, 2.24) is 21.5 Å². The quantitative estimate of drug-likeness (QED) is 0.492. The van der Waals surface area contributed by atoms with Gasteiger partial charge in [-0.1, -0.05) is 0 Å². The second-order valence-corrected chi connectivity index (χ2v) is 4.29. The maximum atomic E-state index is 3.46. The van der Waals surface area contributed by atoms with Gasteiger partial charge in [0, 0.05) is 0 Å². The highest BCUT2D eigenvalue weighted by Crippen LogP contribution is 2.05. The van der Waals surface area contributed by atoms with E-state index in [-0.39, 0.29) is 0 Å². The largest absolute Gasteiger partial charge is 0.301 e. The fourth-order valence-corrected chi connectivity index (χ4v) is 2.15. The molecule has 2 fully saturated rings. The lowest BCUT2D eigenvalue weighted by Crippen LogP contribution is -2.58. The summed E-state index contributed by atoms with van der Waals surface area (Å²) in [7, 11) is 0. The van der Waals surface area contributed by atoms with Gasteiger partial charge in [0.05, 0.1) is 12.3 Å². The molecule has 2 aliphatic heterocycles. The minimum atomic E-state index is 0.465. The van der Waals surface area contributed by atoms with Crippen LogP contribution in [0.1, 0.15) is 38.5 Å². The van der Waals surface area contributed by atoms with Gasteiger partial charge in [-0.2, -0.15) is 0 Å². The van der Waals surface area contributed by atoms with Gasteiger partial charge in [-0.25, -0.2) is 10.9 Å². The molecule has 0 radical (unpaired) electrons. The van der Waals surface area contributed by atoms with E-state index in [9.17, 15) is 0 Å². The average Bonchev–Trinajstić information content (AvgIpc) is 2.29. The van der Waals surface area contributed by atoms with Crippen molar-refractivity contribution in [3.05, 3.63) is 0 Å². The topological polar surface area (TPSA) is 48.1 Å². The number of hydrazine groups is 1. The molecule has 4 nitrogen and oxygen atoms in total. The smallest absolute Gasteiger partial charge is 0.0704 e. The lowest BCUT2D eigenvalue weighted by molar-refractivity contribution is 0.244. The van der Waals surface area contributed by atoms with Gasteiger partial charge in [0.2, 0.25) is 0 Å². The lowest BCUT2D eigenvalue weighted by atomic mass is 10.1. The zero-order valence-corrected chi connectivity index (χ0v) is 8.81. The highest BCUT2D eigenvalue weighted by atomic mass is 15.5. The molecule has 2 unspecified atom stereocenters. The maximum absolute atomic E-state index is 3.46. The molecule has 0 aromatic rings. The fraction of sp³-hybridized carbons (Fsp3) is 1.00. The number of nitrogens with one attached hydrogen (secondary N) is 4. The molecule has 4 N–H and O–H groups in total. The van der Waals surface area contributed by atoms with Gasteiger partial charge in [0.25, 0.3) is 0 Å². The van der Waals surface area contributed by atoms with Crippen LogP contribution in [0.2, 0.25) is 0 Å². The molecule has 14 heavy (non-hydrogen) atoms. The van der Waals surface area contributed by atoms with Crippen LogP contribution in [0.25, 0.3) is 0 Å². The summed E-state index contributed by atoms with van der Waals surface area (Å²) in [6.45, 7) is 2.30. The molecular weight excluding hydrogens is 176 g/mol. The monoisotopic (exact) mass is 198 g/mol. The Labute approximate surface area is 86.2 Å². The van der Waals surface area contributed by atoms with E-state index in [0.29, 0.717) is 12.3 Å². The SMILES string of the molecule is C1CCC(NNC2CCCCN2)NC1. The van der Waals surface area contributed by atoms with Crippen molar-refractivity contribution in [3.63, 3.8) is 0 Å². The molecule has 0 spiro atoms. The lowest BCUT2D eigenvalue weighted by Gasteiger charge is -2.30. The van der Waals surface area contributed by atoms with Crippen LogP contribution in [-0.2, 0) is 0 Å². The molecule has 0 aromatic carbocycles. The molecule has 82 valence electrons. The predicted octanol–water partition coefficient (Wildman–Crippen LogP) is 0.280. The minimum absolute atomic E-state index is 0.465. The van der Waals surface area contributed by atoms with Crippen molar-refractivity contribution in [2.75, 3.05) is 13.1 Å². The Morgan fingerprint density at radius 1 is 0.714 bits per heavy atom. The van der Waals surface area contributed by atoms with Gasteiger partial charge in [0.15, 0.2) is 0 Å². The first-order valence-corrected chi connectivity index (χ1v) is 5.93. The van der Waals surface area contributed by atoms with Gasteiger partial charge in [-0.05, 0) is 51.6 Å². The van der Waals surface area contributed by atoms with Crippen molar-refractivity contribution < 1.29 is 0 Å². The van der Waals surface area contributed by atoms with E-state index in [1.807, 2.05) is 0 Å². The summed E-state index contributed by atoms with van der Waals surface area (Å²) >= 11 is 0. The molecular formula is C10H22N4. The van der Waals surface area contributed by atoms with Gasteiger partial charge in [0.1, 0.15) is 0 Å². The third kappa shape index (κ3) is 3.20. The molecule has 2 atom stereocenters. The third-order valence-electron chi connectivity index (χ3n) is 3.05. The summed E-state index contributed by atoms with van der Waals surface area (Å²) in [5, 5.41) is 6.91. The Morgan fingerprint density at radius 3 is 1.57 bits per heavy atom. The average molecular weight is 198 g/mol.